The molecule has 5 amide bonds. The monoisotopic (exact) mass is 631 g/mol. The second kappa shape index (κ2) is 14.3. The summed E-state index contributed by atoms with van der Waals surface area (Å²) in [6.07, 6.45) is 12.1. The Balaban J connectivity index is 1.51. The number of carbonyl (C=O) groups is 5. The first-order valence-corrected chi connectivity index (χ1v) is 17.5. The molecule has 2 heterocycles. The van der Waals surface area contributed by atoms with Crippen LogP contribution >= 0.6 is 11.8 Å². The second-order valence-corrected chi connectivity index (χ2v) is 16.2. The number of urea groups is 1. The first-order valence-electron chi connectivity index (χ1n) is 16.5. The highest BCUT2D eigenvalue weighted by Crippen LogP contribution is 2.39. The molecular weight excluding hydrogens is 578 g/mol. The van der Waals surface area contributed by atoms with Crippen LogP contribution in [0.2, 0.25) is 0 Å². The van der Waals surface area contributed by atoms with E-state index in [1.165, 1.54) is 0 Å². The second-order valence-electron chi connectivity index (χ2n) is 14.9. The molecule has 0 aromatic rings. The molecule has 0 bridgehead atoms. The summed E-state index contributed by atoms with van der Waals surface area (Å²) in [5.41, 5.74) is 4.38. The van der Waals surface area contributed by atoms with Crippen LogP contribution < -0.4 is 21.7 Å². The molecular formula is C33H53N5O5S. The maximum atomic E-state index is 14.3. The Hall–Kier alpha value is -2.56. The van der Waals surface area contributed by atoms with Crippen LogP contribution in [0.4, 0.5) is 4.79 Å². The van der Waals surface area contributed by atoms with E-state index in [1.54, 1.807) is 4.90 Å². The number of likely N-dealkylation sites (tertiary alicyclic amines) is 1. The molecule has 4 rings (SSSR count). The average Bonchev–Trinajstić information content (AvgIpc) is 3.41. The molecule has 0 radical (unpaired) electrons. The summed E-state index contributed by atoms with van der Waals surface area (Å²) in [5, 5.41) is 11.7. The van der Waals surface area contributed by atoms with Gasteiger partial charge in [-0.1, -0.05) is 72.8 Å². The van der Waals surface area contributed by atoms with Gasteiger partial charge < -0.3 is 26.6 Å². The summed E-state index contributed by atoms with van der Waals surface area (Å²) in [5.74, 6) is -2.42. The molecule has 246 valence electrons. The standard InChI is InChI=1S/C33H53N5O5S/c1-20(2)23-13-16-38(25(23)29(41)35-24(18-21-11-12-21)26(39)28(34)40)30(42)27(32(3,4)5)36-31(43)37-33(14-7-6-8-15-33)19-22-10-9-17-44-22/h9,17,20-25,27H,6-8,10-16,18-19H2,1-5H3,(H2,34,40)(H,35,41)(H2,36,37,43)/t22?,23-,24?,25+,27-/m1/s1. The zero-order valence-corrected chi connectivity index (χ0v) is 28.0. The molecule has 5 N–H and O–H groups in total. The van der Waals surface area contributed by atoms with Gasteiger partial charge in [-0.05, 0) is 67.1 Å². The summed E-state index contributed by atoms with van der Waals surface area (Å²) in [4.78, 5) is 67.8. The Morgan fingerprint density at radius 1 is 1.02 bits per heavy atom. The molecule has 1 saturated heterocycles. The molecule has 0 aromatic heterocycles. The summed E-state index contributed by atoms with van der Waals surface area (Å²) in [7, 11) is 0. The third-order valence-electron chi connectivity index (χ3n) is 9.96. The fourth-order valence-corrected chi connectivity index (χ4v) is 8.35. The Bertz CT molecular complexity index is 1120. The van der Waals surface area contributed by atoms with Gasteiger partial charge in [0, 0.05) is 17.3 Å². The SMILES string of the molecule is CC(C)[C@H]1CCN(C(=O)[C@@H](NC(=O)NC2(CC3CC=CS3)CCCCC2)C(C)(C)C)[C@@H]1C(=O)NC(CC1CC1)C(=O)C(N)=O. The molecule has 11 heteroatoms. The van der Waals surface area contributed by atoms with E-state index in [9.17, 15) is 24.0 Å². The number of primary amides is 1. The van der Waals surface area contributed by atoms with Crippen molar-refractivity contribution in [3.05, 3.63) is 11.5 Å². The van der Waals surface area contributed by atoms with E-state index in [0.29, 0.717) is 24.6 Å². The minimum atomic E-state index is -1.07. The molecule has 0 spiro atoms. The summed E-state index contributed by atoms with van der Waals surface area (Å²) in [6, 6.07) is -3.05. The molecule has 3 fully saturated rings. The van der Waals surface area contributed by atoms with Gasteiger partial charge in [0.25, 0.3) is 5.91 Å². The van der Waals surface area contributed by atoms with Crippen LogP contribution in [0.25, 0.3) is 0 Å². The lowest BCUT2D eigenvalue weighted by Crippen LogP contribution is -2.63. The third kappa shape index (κ3) is 8.57. The zero-order valence-electron chi connectivity index (χ0n) is 27.2. The van der Waals surface area contributed by atoms with Crippen LogP contribution in [0, 0.1) is 23.2 Å². The number of nitrogens with zero attached hydrogens (tertiary/aromatic N) is 1. The number of hydrogen-bond donors (Lipinski definition) is 4. The first-order chi connectivity index (χ1) is 20.7. The number of Topliss-reactive ketones (excluding diaryl/α,β-unsaturated/α-hetero) is 1. The summed E-state index contributed by atoms with van der Waals surface area (Å²) < 4.78 is 0. The van der Waals surface area contributed by atoms with Crippen molar-refractivity contribution >= 4 is 41.3 Å². The lowest BCUT2D eigenvalue weighted by Gasteiger charge is -2.41. The van der Waals surface area contributed by atoms with E-state index in [2.05, 4.69) is 27.4 Å². The number of ketones is 1. The number of allylic oxidation sites excluding steroid dienone is 1. The molecule has 2 aliphatic carbocycles. The maximum Gasteiger partial charge on any atom is 0.315 e. The number of nitrogens with two attached hydrogens (primary N) is 1. The number of carbonyl (C=O) groups excluding carboxylic acids is 5. The molecule has 0 aromatic carbocycles. The van der Waals surface area contributed by atoms with E-state index in [1.807, 2.05) is 46.4 Å². The van der Waals surface area contributed by atoms with Crippen molar-refractivity contribution < 1.29 is 24.0 Å². The quantitative estimate of drug-likeness (QED) is 0.239. The smallest absolute Gasteiger partial charge is 0.315 e. The van der Waals surface area contributed by atoms with E-state index in [-0.39, 0.29) is 35.2 Å². The first kappa shape index (κ1) is 34.3. The van der Waals surface area contributed by atoms with Gasteiger partial charge in [-0.15, -0.1) is 11.8 Å². The summed E-state index contributed by atoms with van der Waals surface area (Å²) >= 11 is 1.82. The molecule has 5 atom stereocenters. The minimum absolute atomic E-state index is 0.0933. The van der Waals surface area contributed by atoms with Crippen LogP contribution in [0.1, 0.15) is 105 Å². The van der Waals surface area contributed by atoms with Gasteiger partial charge in [0.05, 0.1) is 6.04 Å². The highest BCUT2D eigenvalue weighted by molar-refractivity contribution is 8.03. The van der Waals surface area contributed by atoms with Crippen LogP contribution in [-0.2, 0) is 19.2 Å². The van der Waals surface area contributed by atoms with E-state index in [4.69, 9.17) is 5.73 Å². The predicted molar refractivity (Wildman–Crippen MR) is 172 cm³/mol. The number of hydrogen-bond acceptors (Lipinski definition) is 6. The van der Waals surface area contributed by atoms with Crippen molar-refractivity contribution in [1.82, 2.24) is 20.9 Å². The maximum absolute atomic E-state index is 14.3. The van der Waals surface area contributed by atoms with Gasteiger partial charge in [-0.2, -0.15) is 0 Å². The normalized spacial score (nSPS) is 26.2. The van der Waals surface area contributed by atoms with Crippen LogP contribution in [0.15, 0.2) is 11.5 Å². The van der Waals surface area contributed by atoms with Crippen LogP contribution in [-0.4, -0.2) is 69.9 Å². The topological polar surface area (TPSA) is 151 Å². The molecule has 2 unspecified atom stereocenters. The number of rotatable bonds is 12. The van der Waals surface area contributed by atoms with Crippen molar-refractivity contribution in [3.8, 4) is 0 Å². The largest absolute Gasteiger partial charge is 0.363 e. The van der Waals surface area contributed by atoms with Crippen molar-refractivity contribution in [1.29, 1.82) is 0 Å². The predicted octanol–water partition coefficient (Wildman–Crippen LogP) is 4.02. The Morgan fingerprint density at radius 2 is 1.70 bits per heavy atom. The van der Waals surface area contributed by atoms with Crippen molar-refractivity contribution in [2.75, 3.05) is 6.54 Å². The fraction of sp³-hybridized carbons (Fsp3) is 0.788. The molecule has 10 nitrogen and oxygen atoms in total. The lowest BCUT2D eigenvalue weighted by molar-refractivity contribution is -0.144. The highest BCUT2D eigenvalue weighted by Gasteiger charge is 2.48. The van der Waals surface area contributed by atoms with Crippen molar-refractivity contribution in [2.24, 2.45) is 28.9 Å². The highest BCUT2D eigenvalue weighted by atomic mass is 32.2. The third-order valence-corrected chi connectivity index (χ3v) is 11.1. The van der Waals surface area contributed by atoms with Crippen molar-refractivity contribution in [3.63, 3.8) is 0 Å². The van der Waals surface area contributed by atoms with Gasteiger partial charge in [0.15, 0.2) is 0 Å². The average molecular weight is 632 g/mol. The molecule has 4 aliphatic rings. The summed E-state index contributed by atoms with van der Waals surface area (Å²) in [6.45, 7) is 10.1. The number of nitrogens with one attached hydrogen (secondary N) is 3. The van der Waals surface area contributed by atoms with E-state index in [0.717, 1.165) is 57.8 Å². The van der Waals surface area contributed by atoms with Gasteiger partial charge >= 0.3 is 6.03 Å². The van der Waals surface area contributed by atoms with Crippen molar-refractivity contribution in [2.45, 2.75) is 134 Å². The Labute approximate surface area is 266 Å². The van der Waals surface area contributed by atoms with E-state index < -0.39 is 41.1 Å². The van der Waals surface area contributed by atoms with Gasteiger partial charge in [0.1, 0.15) is 12.1 Å². The van der Waals surface area contributed by atoms with Gasteiger partial charge in [-0.25, -0.2) is 4.79 Å². The van der Waals surface area contributed by atoms with Gasteiger partial charge in [-0.3, -0.25) is 19.2 Å². The molecule has 2 aliphatic heterocycles. The van der Waals surface area contributed by atoms with E-state index >= 15 is 0 Å². The zero-order chi connectivity index (χ0) is 32.2. The Morgan fingerprint density at radius 3 is 2.25 bits per heavy atom. The molecule has 2 saturated carbocycles. The fourth-order valence-electron chi connectivity index (χ4n) is 7.27. The van der Waals surface area contributed by atoms with Crippen LogP contribution in [0.3, 0.4) is 0 Å². The Kier molecular flexibility index (Phi) is 11.1. The lowest BCUT2D eigenvalue weighted by atomic mass is 9.78. The van der Waals surface area contributed by atoms with Gasteiger partial charge in [0.2, 0.25) is 17.6 Å². The number of amides is 5. The molecule has 44 heavy (non-hydrogen) atoms. The minimum Gasteiger partial charge on any atom is -0.363 e. The van der Waals surface area contributed by atoms with Crippen LogP contribution in [0.5, 0.6) is 0 Å². The number of thioether (sulfide) groups is 1.